The van der Waals surface area contributed by atoms with Crippen LogP contribution in [0, 0.1) is 11.3 Å². The molecule has 130 valence electrons. The van der Waals surface area contributed by atoms with Crippen molar-refractivity contribution in [1.29, 1.82) is 5.26 Å². The van der Waals surface area contributed by atoms with Gasteiger partial charge in [0.1, 0.15) is 36.8 Å². The molecule has 1 aliphatic rings. The Bertz CT molecular complexity index is 714. The highest BCUT2D eigenvalue weighted by molar-refractivity contribution is 5.69. The second-order valence-electron chi connectivity index (χ2n) is 5.34. The Hall–Kier alpha value is -2.48. The summed E-state index contributed by atoms with van der Waals surface area (Å²) in [4.78, 5) is 26.8. The molecule has 0 bridgehead atoms. The summed E-state index contributed by atoms with van der Waals surface area (Å²) in [7, 11) is 0. The van der Waals surface area contributed by atoms with E-state index in [1.165, 1.54) is 6.07 Å². The van der Waals surface area contributed by atoms with E-state index in [9.17, 15) is 25.1 Å². The van der Waals surface area contributed by atoms with Crippen LogP contribution >= 0.6 is 0 Å². The normalized spacial score (nSPS) is 29.2. The Morgan fingerprint density at radius 1 is 1.62 bits per heavy atom. The molecule has 0 spiro atoms. The minimum absolute atomic E-state index is 0.0672. The summed E-state index contributed by atoms with van der Waals surface area (Å²) in [5.41, 5.74) is 2.27. The highest BCUT2D eigenvalue weighted by Crippen LogP contribution is 2.34. The number of nitrogens with zero attached hydrogens (tertiary/aromatic N) is 3. The van der Waals surface area contributed by atoms with Gasteiger partial charge in [0.15, 0.2) is 0 Å². The van der Waals surface area contributed by atoms with Gasteiger partial charge in [-0.15, -0.1) is 0 Å². The number of nitrogens with two attached hydrogens (primary N) is 1. The standard InChI is InChI=1S/C14H18N4O6/c1-2-3-10(19)23-6-8-11(20)12(21)14(7-15,24-8)18-5-4-9(16)17-13(18)22/h4-5,8,11-12,20-21H,2-3,6H2,1H3,(H2,16,17,22)/t8-,11-,12+,14-/m1/s1. The number of aliphatic hydroxyl groups excluding tert-OH is 2. The zero-order valence-electron chi connectivity index (χ0n) is 13.0. The molecule has 0 unspecified atom stereocenters. The van der Waals surface area contributed by atoms with Gasteiger partial charge in [0.05, 0.1) is 0 Å². The van der Waals surface area contributed by atoms with Crippen molar-refractivity contribution in [2.45, 2.75) is 43.8 Å². The molecule has 1 aromatic heterocycles. The van der Waals surface area contributed by atoms with Gasteiger partial charge in [-0.05, 0) is 12.5 Å². The van der Waals surface area contributed by atoms with Crippen molar-refractivity contribution in [3.05, 3.63) is 22.7 Å². The molecule has 24 heavy (non-hydrogen) atoms. The van der Waals surface area contributed by atoms with Crippen LogP contribution in [0.25, 0.3) is 0 Å². The van der Waals surface area contributed by atoms with Crippen LogP contribution in [0.1, 0.15) is 19.8 Å². The number of nitrogen functional groups attached to an aromatic ring is 1. The van der Waals surface area contributed by atoms with Crippen LogP contribution in [-0.2, 0) is 20.0 Å². The van der Waals surface area contributed by atoms with Gasteiger partial charge in [0.2, 0.25) is 0 Å². The molecule has 10 heteroatoms. The van der Waals surface area contributed by atoms with E-state index in [2.05, 4.69) is 4.98 Å². The van der Waals surface area contributed by atoms with Gasteiger partial charge in [-0.1, -0.05) is 6.92 Å². The fourth-order valence-electron chi connectivity index (χ4n) is 2.40. The van der Waals surface area contributed by atoms with Crippen LogP contribution in [0.2, 0.25) is 0 Å². The third-order valence-corrected chi connectivity index (χ3v) is 3.64. The van der Waals surface area contributed by atoms with Crippen LogP contribution < -0.4 is 11.4 Å². The van der Waals surface area contributed by atoms with Gasteiger partial charge in [-0.3, -0.25) is 9.36 Å². The Balaban J connectivity index is 2.27. The van der Waals surface area contributed by atoms with Crippen molar-refractivity contribution in [1.82, 2.24) is 9.55 Å². The van der Waals surface area contributed by atoms with Gasteiger partial charge in [-0.2, -0.15) is 10.2 Å². The van der Waals surface area contributed by atoms with Crippen molar-refractivity contribution in [2.24, 2.45) is 0 Å². The number of carbonyl (C=O) groups excluding carboxylic acids is 1. The highest BCUT2D eigenvalue weighted by Gasteiger charge is 2.57. The minimum atomic E-state index is -2.20. The van der Waals surface area contributed by atoms with Crippen molar-refractivity contribution in [2.75, 3.05) is 12.3 Å². The Labute approximate surface area is 137 Å². The molecule has 0 radical (unpaired) electrons. The fraction of sp³-hybridized carbons (Fsp3) is 0.571. The lowest BCUT2D eigenvalue weighted by Crippen LogP contribution is -2.49. The van der Waals surface area contributed by atoms with E-state index in [1.54, 1.807) is 13.0 Å². The second kappa shape index (κ2) is 6.96. The van der Waals surface area contributed by atoms with Crippen molar-refractivity contribution < 1.29 is 24.5 Å². The van der Waals surface area contributed by atoms with Crippen molar-refractivity contribution in [3.8, 4) is 6.07 Å². The molecule has 10 nitrogen and oxygen atoms in total. The molecule has 2 rings (SSSR count). The predicted octanol–water partition coefficient (Wildman–Crippen LogP) is -1.53. The maximum atomic E-state index is 12.0. The average Bonchev–Trinajstić information content (AvgIpc) is 2.78. The lowest BCUT2D eigenvalue weighted by Gasteiger charge is -2.26. The number of hydrogen-bond acceptors (Lipinski definition) is 9. The molecule has 1 aliphatic heterocycles. The minimum Gasteiger partial charge on any atom is -0.463 e. The Kier molecular flexibility index (Phi) is 5.18. The molecule has 1 saturated heterocycles. The van der Waals surface area contributed by atoms with E-state index in [-0.39, 0.29) is 18.8 Å². The van der Waals surface area contributed by atoms with Crippen molar-refractivity contribution >= 4 is 11.8 Å². The van der Waals surface area contributed by atoms with Gasteiger partial charge >= 0.3 is 11.7 Å². The molecule has 1 fully saturated rings. The number of nitriles is 1. The number of rotatable bonds is 5. The monoisotopic (exact) mass is 338 g/mol. The van der Waals surface area contributed by atoms with Gasteiger partial charge in [0.25, 0.3) is 5.72 Å². The molecule has 0 amide bonds. The Morgan fingerprint density at radius 3 is 2.92 bits per heavy atom. The van der Waals surface area contributed by atoms with E-state index in [0.717, 1.165) is 10.8 Å². The summed E-state index contributed by atoms with van der Waals surface area (Å²) in [6.45, 7) is 1.44. The summed E-state index contributed by atoms with van der Waals surface area (Å²) >= 11 is 0. The number of anilines is 1. The summed E-state index contributed by atoms with van der Waals surface area (Å²) in [5, 5.41) is 29.8. The summed E-state index contributed by atoms with van der Waals surface area (Å²) < 4.78 is 11.1. The highest BCUT2D eigenvalue weighted by atomic mass is 16.6. The van der Waals surface area contributed by atoms with Crippen LogP contribution in [0.4, 0.5) is 5.82 Å². The van der Waals surface area contributed by atoms with Crippen LogP contribution in [0.3, 0.4) is 0 Å². The SMILES string of the molecule is CCCC(=O)OC[C@H]1O[C@@](C#N)(n2ccc(N)nc2=O)[C@@H](O)[C@@H]1O. The fourth-order valence-corrected chi connectivity index (χ4v) is 2.40. The third kappa shape index (κ3) is 3.09. The number of aromatic nitrogens is 2. The Morgan fingerprint density at radius 2 is 2.33 bits per heavy atom. The maximum absolute atomic E-state index is 12.0. The molecule has 1 aromatic rings. The lowest BCUT2D eigenvalue weighted by molar-refractivity contribution is -0.153. The summed E-state index contributed by atoms with van der Waals surface area (Å²) in [5.74, 6) is -0.564. The van der Waals surface area contributed by atoms with Crippen LogP contribution in [0.15, 0.2) is 17.1 Å². The second-order valence-corrected chi connectivity index (χ2v) is 5.34. The molecule has 0 aromatic carbocycles. The third-order valence-electron chi connectivity index (χ3n) is 3.64. The topological polar surface area (TPSA) is 161 Å². The number of esters is 1. The number of hydrogen-bond donors (Lipinski definition) is 3. The van der Waals surface area contributed by atoms with Crippen LogP contribution in [0.5, 0.6) is 0 Å². The molecular formula is C14H18N4O6. The zero-order valence-corrected chi connectivity index (χ0v) is 13.0. The molecule has 0 aliphatic carbocycles. The summed E-state index contributed by atoms with van der Waals surface area (Å²) in [6, 6.07) is 2.93. The van der Waals surface area contributed by atoms with E-state index in [0.29, 0.717) is 6.42 Å². The van der Waals surface area contributed by atoms with Gasteiger partial charge in [0, 0.05) is 12.6 Å². The molecule has 2 heterocycles. The molecule has 4 atom stereocenters. The number of aliphatic hydroxyl groups is 2. The van der Waals surface area contributed by atoms with Gasteiger partial charge < -0.3 is 25.4 Å². The zero-order chi connectivity index (χ0) is 17.9. The first-order valence-corrected chi connectivity index (χ1v) is 7.32. The first kappa shape index (κ1) is 17.9. The van der Waals surface area contributed by atoms with E-state index in [4.69, 9.17) is 15.2 Å². The van der Waals surface area contributed by atoms with E-state index >= 15 is 0 Å². The summed E-state index contributed by atoms with van der Waals surface area (Å²) in [6.07, 6.45) is -2.55. The van der Waals surface area contributed by atoms with E-state index < -0.39 is 35.7 Å². The largest absolute Gasteiger partial charge is 0.463 e. The van der Waals surface area contributed by atoms with Crippen molar-refractivity contribution in [3.63, 3.8) is 0 Å². The first-order valence-electron chi connectivity index (χ1n) is 7.32. The number of carbonyl (C=O) groups is 1. The maximum Gasteiger partial charge on any atom is 0.352 e. The predicted molar refractivity (Wildman–Crippen MR) is 79.3 cm³/mol. The van der Waals surface area contributed by atoms with Crippen LogP contribution in [-0.4, -0.2) is 50.7 Å². The molecule has 0 saturated carbocycles. The van der Waals surface area contributed by atoms with Gasteiger partial charge in [-0.25, -0.2) is 4.79 Å². The smallest absolute Gasteiger partial charge is 0.352 e. The lowest BCUT2D eigenvalue weighted by atomic mass is 10.0. The number of ether oxygens (including phenoxy) is 2. The first-order chi connectivity index (χ1) is 11.4. The average molecular weight is 338 g/mol. The quantitative estimate of drug-likeness (QED) is 0.541. The van der Waals surface area contributed by atoms with E-state index in [1.807, 2.05) is 0 Å². The molecular weight excluding hydrogens is 320 g/mol. The molecule has 4 N–H and O–H groups in total.